The molecule has 0 aromatic carbocycles. The van der Waals surface area contributed by atoms with Crippen molar-refractivity contribution in [3.05, 3.63) is 47.0 Å². The fourth-order valence-corrected chi connectivity index (χ4v) is 9.59. The third-order valence-electron chi connectivity index (χ3n) is 9.43. The molecule has 0 amide bonds. The lowest BCUT2D eigenvalue weighted by Gasteiger charge is -2.58. The third kappa shape index (κ3) is 3.72. The maximum atomic E-state index is 11.7. The average Bonchev–Trinajstić information content (AvgIpc) is 3.47. The molecular weight excluding hydrogens is 496 g/mol. The summed E-state index contributed by atoms with van der Waals surface area (Å²) in [6.45, 7) is 10.7. The van der Waals surface area contributed by atoms with Crippen LogP contribution in [-0.4, -0.2) is 68.5 Å². The van der Waals surface area contributed by atoms with Crippen LogP contribution in [0.3, 0.4) is 0 Å². The van der Waals surface area contributed by atoms with Crippen molar-refractivity contribution in [2.75, 3.05) is 24.6 Å². The van der Waals surface area contributed by atoms with E-state index >= 15 is 0 Å². The van der Waals surface area contributed by atoms with Crippen LogP contribution in [0.1, 0.15) is 73.8 Å². The van der Waals surface area contributed by atoms with Crippen LogP contribution in [0.15, 0.2) is 24.7 Å². The Morgan fingerprint density at radius 1 is 1.05 bits per heavy atom. The Balaban J connectivity index is 1.14. The minimum absolute atomic E-state index is 0.0802. The standard InChI is InChI=1S/C29H36N6O2S/c1-17(2)25-26(22-11-35-28(30-16-31-35)19(4)18(22)3)33-24-10-9-23(32-27(24)25)20-5-7-21(8-6-20)34-12-29(13-34)14-38(36,37)15-29/h9-11,16-17,20-21,33H,5-8,12-15H2,1-4H3/t20-,21+. The Morgan fingerprint density at radius 2 is 1.79 bits per heavy atom. The van der Waals surface area contributed by atoms with Crippen molar-refractivity contribution >= 4 is 26.5 Å². The maximum absolute atomic E-state index is 11.7. The van der Waals surface area contributed by atoms with Crippen LogP contribution in [-0.2, 0) is 9.84 Å². The van der Waals surface area contributed by atoms with E-state index in [0.29, 0.717) is 29.4 Å². The molecule has 0 unspecified atom stereocenters. The van der Waals surface area contributed by atoms with Crippen LogP contribution in [0.5, 0.6) is 0 Å². The average molecular weight is 533 g/mol. The number of aromatic nitrogens is 5. The van der Waals surface area contributed by atoms with Gasteiger partial charge in [0.1, 0.15) is 6.33 Å². The molecule has 4 aromatic heterocycles. The molecule has 200 valence electrons. The number of nitrogens with one attached hydrogen (secondary N) is 1. The maximum Gasteiger partial charge on any atom is 0.158 e. The lowest BCUT2D eigenvalue weighted by Crippen LogP contribution is -2.70. The van der Waals surface area contributed by atoms with Crippen LogP contribution < -0.4 is 0 Å². The van der Waals surface area contributed by atoms with Gasteiger partial charge in [-0.25, -0.2) is 17.9 Å². The molecule has 1 N–H and O–H groups in total. The second-order valence-electron chi connectivity index (χ2n) is 12.5. The van der Waals surface area contributed by atoms with E-state index in [-0.39, 0.29) is 5.41 Å². The molecule has 0 atom stereocenters. The van der Waals surface area contributed by atoms with Gasteiger partial charge in [0, 0.05) is 53.5 Å². The first-order valence-corrected chi connectivity index (χ1v) is 15.7. The molecule has 3 fully saturated rings. The summed E-state index contributed by atoms with van der Waals surface area (Å²) in [5, 5.41) is 4.41. The predicted octanol–water partition coefficient (Wildman–Crippen LogP) is 4.77. The van der Waals surface area contributed by atoms with Crippen molar-refractivity contribution in [2.45, 2.75) is 71.3 Å². The van der Waals surface area contributed by atoms with Crippen molar-refractivity contribution in [3.63, 3.8) is 0 Å². The van der Waals surface area contributed by atoms with Gasteiger partial charge in [0.15, 0.2) is 15.5 Å². The fourth-order valence-electron chi connectivity index (χ4n) is 7.44. The number of hydrogen-bond donors (Lipinski definition) is 1. The highest BCUT2D eigenvalue weighted by Gasteiger charge is 2.56. The van der Waals surface area contributed by atoms with Gasteiger partial charge in [-0.1, -0.05) is 13.8 Å². The number of sulfone groups is 1. The lowest BCUT2D eigenvalue weighted by molar-refractivity contribution is -0.0238. The van der Waals surface area contributed by atoms with E-state index in [4.69, 9.17) is 4.98 Å². The molecule has 0 radical (unpaired) electrons. The Bertz CT molecular complexity index is 1660. The SMILES string of the molecule is Cc1c(-c2[nH]c3ccc([C@H]4CC[C@@H](N5CC6(C5)CS(=O)(=O)C6)CC4)nc3c2C(C)C)cn2ncnc2c1C. The molecule has 1 saturated carbocycles. The smallest absolute Gasteiger partial charge is 0.158 e. The van der Waals surface area contributed by atoms with Crippen molar-refractivity contribution in [2.24, 2.45) is 5.41 Å². The summed E-state index contributed by atoms with van der Waals surface area (Å²) in [7, 11) is -2.75. The van der Waals surface area contributed by atoms with E-state index in [9.17, 15) is 8.42 Å². The molecule has 6 heterocycles. The van der Waals surface area contributed by atoms with Crippen molar-refractivity contribution in [1.29, 1.82) is 0 Å². The van der Waals surface area contributed by atoms with Gasteiger partial charge in [0.05, 0.1) is 28.2 Å². The van der Waals surface area contributed by atoms with Crippen LogP contribution in [0.25, 0.3) is 27.9 Å². The fraction of sp³-hybridized carbons (Fsp3) is 0.552. The highest BCUT2D eigenvalue weighted by atomic mass is 32.2. The number of aromatic amines is 1. The summed E-state index contributed by atoms with van der Waals surface area (Å²) < 4.78 is 25.2. The summed E-state index contributed by atoms with van der Waals surface area (Å²) in [5.74, 6) is 1.60. The highest BCUT2D eigenvalue weighted by molar-refractivity contribution is 7.92. The highest BCUT2D eigenvalue weighted by Crippen LogP contribution is 2.46. The Kier molecular flexibility index (Phi) is 5.34. The zero-order valence-electron chi connectivity index (χ0n) is 22.7. The summed E-state index contributed by atoms with van der Waals surface area (Å²) in [6.07, 6.45) is 8.31. The summed E-state index contributed by atoms with van der Waals surface area (Å²) in [4.78, 5) is 16.0. The third-order valence-corrected chi connectivity index (χ3v) is 11.5. The molecule has 2 aliphatic heterocycles. The molecule has 4 aromatic rings. The van der Waals surface area contributed by atoms with Crippen LogP contribution >= 0.6 is 0 Å². The van der Waals surface area contributed by atoms with Gasteiger partial charge in [0.25, 0.3) is 0 Å². The molecule has 1 spiro atoms. The molecule has 1 aliphatic carbocycles. The van der Waals surface area contributed by atoms with Gasteiger partial charge in [-0.15, -0.1) is 0 Å². The zero-order chi connectivity index (χ0) is 26.4. The predicted molar refractivity (Wildman–Crippen MR) is 149 cm³/mol. The second-order valence-corrected chi connectivity index (χ2v) is 14.5. The molecular formula is C29H36N6O2S. The first-order valence-electron chi connectivity index (χ1n) is 13.9. The summed E-state index contributed by atoms with van der Waals surface area (Å²) in [6, 6.07) is 5.02. The van der Waals surface area contributed by atoms with Gasteiger partial charge < -0.3 is 4.98 Å². The Labute approximate surface area is 223 Å². The van der Waals surface area contributed by atoms with Crippen LogP contribution in [0.4, 0.5) is 0 Å². The Morgan fingerprint density at radius 3 is 2.47 bits per heavy atom. The second kappa shape index (κ2) is 8.36. The van der Waals surface area contributed by atoms with Gasteiger partial charge in [0.2, 0.25) is 0 Å². The molecule has 7 rings (SSSR count). The van der Waals surface area contributed by atoms with Crippen molar-refractivity contribution in [3.8, 4) is 11.3 Å². The number of fused-ring (bicyclic) bond motifs is 2. The first-order chi connectivity index (χ1) is 18.1. The normalized spacial score (nSPS) is 24.8. The monoisotopic (exact) mass is 532 g/mol. The van der Waals surface area contributed by atoms with E-state index in [1.165, 1.54) is 29.7 Å². The number of likely N-dealkylation sites (tertiary alicyclic amines) is 1. The van der Waals surface area contributed by atoms with E-state index < -0.39 is 9.84 Å². The summed E-state index contributed by atoms with van der Waals surface area (Å²) in [5.41, 5.74) is 10.2. The molecule has 2 saturated heterocycles. The summed E-state index contributed by atoms with van der Waals surface area (Å²) >= 11 is 0. The number of rotatable bonds is 4. The molecule has 9 heteroatoms. The lowest BCUT2D eigenvalue weighted by atomic mass is 9.77. The van der Waals surface area contributed by atoms with Gasteiger partial charge in [-0.05, 0) is 68.7 Å². The molecule has 38 heavy (non-hydrogen) atoms. The quantitative estimate of drug-likeness (QED) is 0.407. The van der Waals surface area contributed by atoms with E-state index in [0.717, 1.165) is 59.4 Å². The topological polar surface area (TPSA) is 96.2 Å². The van der Waals surface area contributed by atoms with E-state index in [2.05, 4.69) is 66.0 Å². The number of pyridine rings is 2. The van der Waals surface area contributed by atoms with Crippen LogP contribution in [0.2, 0.25) is 0 Å². The number of hydrogen-bond acceptors (Lipinski definition) is 6. The van der Waals surface area contributed by atoms with Gasteiger partial charge in [-0.2, -0.15) is 5.10 Å². The number of nitrogens with zero attached hydrogens (tertiary/aromatic N) is 5. The van der Waals surface area contributed by atoms with Crippen molar-refractivity contribution < 1.29 is 8.42 Å². The number of H-pyrrole nitrogens is 1. The van der Waals surface area contributed by atoms with Crippen molar-refractivity contribution in [1.82, 2.24) is 29.5 Å². The minimum Gasteiger partial charge on any atom is -0.353 e. The van der Waals surface area contributed by atoms with Gasteiger partial charge >= 0.3 is 0 Å². The molecule has 8 nitrogen and oxygen atoms in total. The zero-order valence-corrected chi connectivity index (χ0v) is 23.5. The molecule has 0 bridgehead atoms. The van der Waals surface area contributed by atoms with E-state index in [1.54, 1.807) is 6.33 Å². The number of aryl methyl sites for hydroxylation is 1. The van der Waals surface area contributed by atoms with E-state index in [1.807, 2.05) is 4.52 Å². The minimum atomic E-state index is -2.75. The Hall–Kier alpha value is -2.78. The molecule has 3 aliphatic rings. The first kappa shape index (κ1) is 24.3. The van der Waals surface area contributed by atoms with Gasteiger partial charge in [-0.3, -0.25) is 9.88 Å². The van der Waals surface area contributed by atoms with Crippen LogP contribution in [0, 0.1) is 19.3 Å². The largest absolute Gasteiger partial charge is 0.353 e.